The highest BCUT2D eigenvalue weighted by molar-refractivity contribution is 6.48. The van der Waals surface area contributed by atoms with Crippen LogP contribution in [-0.4, -0.2) is 34.7 Å². The van der Waals surface area contributed by atoms with Crippen molar-refractivity contribution in [1.29, 1.82) is 0 Å². The first-order valence-corrected chi connectivity index (χ1v) is 6.62. The molecule has 110 valence electrons. The van der Waals surface area contributed by atoms with Crippen LogP contribution in [0.25, 0.3) is 0 Å². The van der Waals surface area contributed by atoms with E-state index in [1.54, 1.807) is 26.1 Å². The predicted octanol–water partition coefficient (Wildman–Crippen LogP) is 0.891. The van der Waals surface area contributed by atoms with Crippen LogP contribution in [0.2, 0.25) is 0 Å². The van der Waals surface area contributed by atoms with Gasteiger partial charge in [0.1, 0.15) is 5.82 Å². The number of pyridine rings is 1. The SMILES string of the molecule is CC(=O)Nc1cc(BOC(C)(C)C(C)(C)O)c(C)cn1. The van der Waals surface area contributed by atoms with Gasteiger partial charge < -0.3 is 15.1 Å². The Balaban J connectivity index is 2.85. The molecule has 0 bridgehead atoms. The number of nitrogens with one attached hydrogen (secondary N) is 1. The third kappa shape index (κ3) is 4.32. The molecule has 0 spiro atoms. The van der Waals surface area contributed by atoms with Gasteiger partial charge in [-0.3, -0.25) is 4.79 Å². The number of amides is 1. The molecule has 1 amide bonds. The van der Waals surface area contributed by atoms with Gasteiger partial charge in [0.25, 0.3) is 0 Å². The number of aliphatic hydroxyl groups is 1. The lowest BCUT2D eigenvalue weighted by atomic mass is 9.81. The fourth-order valence-electron chi connectivity index (χ4n) is 1.40. The van der Waals surface area contributed by atoms with E-state index in [4.69, 9.17) is 4.65 Å². The molecule has 0 unspecified atom stereocenters. The van der Waals surface area contributed by atoms with Gasteiger partial charge in [0.05, 0.1) is 11.2 Å². The van der Waals surface area contributed by atoms with Crippen LogP contribution in [0.15, 0.2) is 12.3 Å². The van der Waals surface area contributed by atoms with E-state index in [2.05, 4.69) is 10.3 Å². The summed E-state index contributed by atoms with van der Waals surface area (Å²) in [6.45, 7) is 10.5. The first kappa shape index (κ1) is 16.7. The summed E-state index contributed by atoms with van der Waals surface area (Å²) in [5.41, 5.74) is 0.275. The number of hydrogen-bond donors (Lipinski definition) is 2. The summed E-state index contributed by atoms with van der Waals surface area (Å²) < 4.78 is 5.83. The van der Waals surface area contributed by atoms with Crippen molar-refractivity contribution in [3.63, 3.8) is 0 Å². The maximum atomic E-state index is 11.0. The lowest BCUT2D eigenvalue weighted by Crippen LogP contribution is -2.49. The summed E-state index contributed by atoms with van der Waals surface area (Å²) in [7, 11) is 0.345. The van der Waals surface area contributed by atoms with Gasteiger partial charge in [-0.25, -0.2) is 4.98 Å². The molecule has 5 nitrogen and oxygen atoms in total. The summed E-state index contributed by atoms with van der Waals surface area (Å²) in [6.07, 6.45) is 1.70. The molecule has 0 aliphatic carbocycles. The summed E-state index contributed by atoms with van der Waals surface area (Å²) in [4.78, 5) is 15.2. The third-order valence-corrected chi connectivity index (χ3v) is 3.58. The molecule has 0 radical (unpaired) electrons. The molecule has 20 heavy (non-hydrogen) atoms. The third-order valence-electron chi connectivity index (χ3n) is 3.58. The highest BCUT2D eigenvalue weighted by Crippen LogP contribution is 2.24. The average molecular weight is 278 g/mol. The van der Waals surface area contributed by atoms with E-state index in [9.17, 15) is 9.90 Å². The lowest BCUT2D eigenvalue weighted by molar-refractivity contribution is -0.114. The standard InChI is InChI=1S/C14H23BN2O3/c1-9-8-16-12(17-10(2)18)7-11(9)15-20-14(5,6)13(3,4)19/h7-8,15,19H,1-6H3,(H,16,17,18). The minimum Gasteiger partial charge on any atom is -0.427 e. The fraction of sp³-hybridized carbons (Fsp3) is 0.571. The number of aryl methyl sites for hydroxylation is 1. The van der Waals surface area contributed by atoms with Gasteiger partial charge >= 0.3 is 7.48 Å². The molecule has 0 aliphatic rings. The maximum absolute atomic E-state index is 11.0. The predicted molar refractivity (Wildman–Crippen MR) is 81.5 cm³/mol. The van der Waals surface area contributed by atoms with Crippen LogP contribution in [-0.2, 0) is 9.45 Å². The highest BCUT2D eigenvalue weighted by Gasteiger charge is 2.35. The molecular formula is C14H23BN2O3. The van der Waals surface area contributed by atoms with Gasteiger partial charge in [-0.05, 0) is 51.7 Å². The van der Waals surface area contributed by atoms with Crippen LogP contribution < -0.4 is 10.8 Å². The van der Waals surface area contributed by atoms with E-state index >= 15 is 0 Å². The Kier molecular flexibility index (Phi) is 4.94. The van der Waals surface area contributed by atoms with E-state index in [1.807, 2.05) is 20.8 Å². The minimum absolute atomic E-state index is 0.162. The van der Waals surface area contributed by atoms with Crippen molar-refractivity contribution in [1.82, 2.24) is 4.98 Å². The normalized spacial score (nSPS) is 12.2. The molecule has 1 aromatic rings. The molecule has 1 aromatic heterocycles. The topological polar surface area (TPSA) is 71.5 Å². The van der Waals surface area contributed by atoms with Crippen molar-refractivity contribution >= 4 is 24.7 Å². The first-order valence-electron chi connectivity index (χ1n) is 6.62. The van der Waals surface area contributed by atoms with Gasteiger partial charge in [-0.15, -0.1) is 0 Å². The second-order valence-electron chi connectivity index (χ2n) is 6.04. The zero-order chi connectivity index (χ0) is 15.6. The van der Waals surface area contributed by atoms with Gasteiger partial charge in [0.2, 0.25) is 5.91 Å². The monoisotopic (exact) mass is 278 g/mol. The van der Waals surface area contributed by atoms with Crippen LogP contribution in [0.4, 0.5) is 5.82 Å². The van der Waals surface area contributed by atoms with Crippen molar-refractivity contribution < 1.29 is 14.6 Å². The number of hydrogen-bond acceptors (Lipinski definition) is 4. The minimum atomic E-state index is -0.950. The number of carbonyl (C=O) groups excluding carboxylic acids is 1. The Morgan fingerprint density at radius 1 is 1.40 bits per heavy atom. The van der Waals surface area contributed by atoms with Crippen LogP contribution in [0.1, 0.15) is 40.2 Å². The van der Waals surface area contributed by atoms with Gasteiger partial charge in [0, 0.05) is 13.1 Å². The molecule has 1 rings (SSSR count). The largest absolute Gasteiger partial charge is 0.427 e. The van der Waals surface area contributed by atoms with Crippen molar-refractivity contribution in [2.45, 2.75) is 52.7 Å². The Morgan fingerprint density at radius 3 is 2.50 bits per heavy atom. The van der Waals surface area contributed by atoms with Crippen LogP contribution in [0.5, 0.6) is 0 Å². The van der Waals surface area contributed by atoms with Gasteiger partial charge in [-0.2, -0.15) is 0 Å². The summed E-state index contributed by atoms with van der Waals surface area (Å²) in [5, 5.41) is 12.7. The molecule has 0 aliphatic heterocycles. The van der Waals surface area contributed by atoms with E-state index in [0.717, 1.165) is 11.0 Å². The second-order valence-corrected chi connectivity index (χ2v) is 6.04. The second kappa shape index (κ2) is 5.93. The molecule has 0 saturated carbocycles. The van der Waals surface area contributed by atoms with Crippen molar-refractivity contribution in [3.8, 4) is 0 Å². The Labute approximate surface area is 121 Å². The number of nitrogens with zero attached hydrogens (tertiary/aromatic N) is 1. The smallest absolute Gasteiger partial charge is 0.309 e. The molecule has 2 N–H and O–H groups in total. The molecule has 1 heterocycles. The molecule has 0 saturated heterocycles. The highest BCUT2D eigenvalue weighted by atomic mass is 16.5. The number of anilines is 1. The van der Waals surface area contributed by atoms with E-state index in [0.29, 0.717) is 13.3 Å². The molecule has 6 heteroatoms. The number of rotatable bonds is 5. The van der Waals surface area contributed by atoms with E-state index in [1.165, 1.54) is 6.92 Å². The zero-order valence-corrected chi connectivity index (χ0v) is 13.1. The summed E-state index contributed by atoms with van der Waals surface area (Å²) in [5.74, 6) is 0.341. The van der Waals surface area contributed by atoms with Crippen molar-refractivity contribution in [2.24, 2.45) is 0 Å². The summed E-state index contributed by atoms with van der Waals surface area (Å²) in [6, 6.07) is 1.79. The lowest BCUT2D eigenvalue weighted by Gasteiger charge is -2.37. The molecule has 0 fully saturated rings. The van der Waals surface area contributed by atoms with Crippen LogP contribution in [0, 0.1) is 6.92 Å². The van der Waals surface area contributed by atoms with Crippen molar-refractivity contribution in [2.75, 3.05) is 5.32 Å². The Hall–Kier alpha value is -1.40. The van der Waals surface area contributed by atoms with Gasteiger partial charge in [-0.1, -0.05) is 0 Å². The maximum Gasteiger partial charge on any atom is 0.309 e. The fourth-order valence-corrected chi connectivity index (χ4v) is 1.40. The molecular weight excluding hydrogens is 255 g/mol. The average Bonchev–Trinajstić information content (AvgIpc) is 2.27. The van der Waals surface area contributed by atoms with Crippen LogP contribution in [0.3, 0.4) is 0 Å². The first-order chi connectivity index (χ1) is 9.03. The Morgan fingerprint density at radius 2 is 2.00 bits per heavy atom. The molecule has 0 atom stereocenters. The zero-order valence-electron chi connectivity index (χ0n) is 13.1. The van der Waals surface area contributed by atoms with E-state index < -0.39 is 11.2 Å². The van der Waals surface area contributed by atoms with Crippen LogP contribution >= 0.6 is 0 Å². The van der Waals surface area contributed by atoms with Crippen molar-refractivity contribution in [3.05, 3.63) is 17.8 Å². The van der Waals surface area contributed by atoms with E-state index in [-0.39, 0.29) is 5.91 Å². The Bertz CT molecular complexity index is 496. The number of aromatic nitrogens is 1. The summed E-state index contributed by atoms with van der Waals surface area (Å²) >= 11 is 0. The molecule has 0 aromatic carbocycles. The number of carbonyl (C=O) groups is 1. The van der Waals surface area contributed by atoms with Gasteiger partial charge in [0.15, 0.2) is 0 Å². The quantitative estimate of drug-likeness (QED) is 0.785.